The van der Waals surface area contributed by atoms with Crippen LogP contribution in [-0.4, -0.2) is 39.2 Å². The summed E-state index contributed by atoms with van der Waals surface area (Å²) in [5.74, 6) is -0.163. The van der Waals surface area contributed by atoms with Gasteiger partial charge >= 0.3 is 5.97 Å². The Morgan fingerprint density at radius 1 is 1.25 bits per heavy atom. The average Bonchev–Trinajstić information content (AvgIpc) is 2.23. The fraction of sp³-hybridized carbons (Fsp3) is 0.818. The molecule has 0 aromatic heterocycles. The van der Waals surface area contributed by atoms with Crippen LogP contribution in [0.3, 0.4) is 0 Å². The summed E-state index contributed by atoms with van der Waals surface area (Å²) in [7, 11) is 2.89. The third-order valence-corrected chi connectivity index (χ3v) is 2.42. The molecule has 1 atom stereocenters. The van der Waals surface area contributed by atoms with Gasteiger partial charge in [-0.15, -0.1) is 0 Å². The molecule has 0 radical (unpaired) electrons. The van der Waals surface area contributed by atoms with E-state index in [1.807, 2.05) is 0 Å². The van der Waals surface area contributed by atoms with Crippen LogP contribution in [0, 0.1) is 11.8 Å². The molecule has 1 unspecified atom stereocenters. The van der Waals surface area contributed by atoms with E-state index < -0.39 is 5.97 Å². The van der Waals surface area contributed by atoms with Crippen molar-refractivity contribution in [3.8, 4) is 0 Å². The maximum Gasteiger partial charge on any atom is 0.315 e. The average molecular weight is 231 g/mol. The van der Waals surface area contributed by atoms with Gasteiger partial charge in [-0.25, -0.2) is 0 Å². The van der Waals surface area contributed by atoms with Crippen LogP contribution in [0.1, 0.15) is 20.3 Å². The Kier molecular flexibility index (Phi) is 7.54. The Bertz CT molecular complexity index is 228. The van der Waals surface area contributed by atoms with Crippen molar-refractivity contribution >= 4 is 11.9 Å². The van der Waals surface area contributed by atoms with Crippen molar-refractivity contribution in [2.45, 2.75) is 20.3 Å². The fourth-order valence-electron chi connectivity index (χ4n) is 1.21. The fourth-order valence-corrected chi connectivity index (χ4v) is 1.21. The molecule has 0 aliphatic carbocycles. The first-order chi connectivity index (χ1) is 7.51. The molecule has 0 bridgehead atoms. The number of rotatable bonds is 7. The van der Waals surface area contributed by atoms with Crippen LogP contribution in [0.25, 0.3) is 0 Å². The monoisotopic (exact) mass is 231 g/mol. The van der Waals surface area contributed by atoms with Gasteiger partial charge < -0.3 is 14.8 Å². The van der Waals surface area contributed by atoms with Crippen LogP contribution >= 0.6 is 0 Å². The molecule has 1 N–H and O–H groups in total. The van der Waals surface area contributed by atoms with Crippen LogP contribution in [-0.2, 0) is 19.1 Å². The molecule has 0 rings (SSSR count). The predicted octanol–water partition coefficient (Wildman–Crippen LogP) is 0.584. The van der Waals surface area contributed by atoms with Crippen molar-refractivity contribution < 1.29 is 19.1 Å². The van der Waals surface area contributed by atoms with Crippen molar-refractivity contribution in [3.63, 3.8) is 0 Å². The van der Waals surface area contributed by atoms with Crippen molar-refractivity contribution in [2.75, 3.05) is 27.4 Å². The first kappa shape index (κ1) is 14.9. The standard InChI is InChI=1S/C11H21NO4/c1-8(2)9(7-15-3)6-12-10(13)5-11(14)16-4/h8-9H,5-7H2,1-4H3,(H,12,13). The van der Waals surface area contributed by atoms with Gasteiger partial charge in [-0.2, -0.15) is 0 Å². The molecule has 0 heterocycles. The third-order valence-electron chi connectivity index (χ3n) is 2.42. The molecular weight excluding hydrogens is 210 g/mol. The van der Waals surface area contributed by atoms with Crippen LogP contribution < -0.4 is 5.32 Å². The second kappa shape index (κ2) is 8.10. The van der Waals surface area contributed by atoms with Gasteiger partial charge in [-0.05, 0) is 5.92 Å². The summed E-state index contributed by atoms with van der Waals surface area (Å²) in [5.41, 5.74) is 0. The number of amides is 1. The summed E-state index contributed by atoms with van der Waals surface area (Å²) in [6.45, 7) is 5.24. The van der Waals surface area contributed by atoms with E-state index in [1.165, 1.54) is 7.11 Å². The highest BCUT2D eigenvalue weighted by Gasteiger charge is 2.15. The molecule has 5 heteroatoms. The molecule has 16 heavy (non-hydrogen) atoms. The van der Waals surface area contributed by atoms with Crippen molar-refractivity contribution in [1.82, 2.24) is 5.32 Å². The summed E-state index contributed by atoms with van der Waals surface area (Å²) >= 11 is 0. The van der Waals surface area contributed by atoms with E-state index in [0.717, 1.165) is 0 Å². The molecule has 5 nitrogen and oxygen atoms in total. The Morgan fingerprint density at radius 3 is 2.31 bits per heavy atom. The lowest BCUT2D eigenvalue weighted by atomic mass is 9.97. The molecule has 1 amide bonds. The van der Waals surface area contributed by atoms with Crippen LogP contribution in [0.2, 0.25) is 0 Å². The topological polar surface area (TPSA) is 64.6 Å². The largest absolute Gasteiger partial charge is 0.469 e. The van der Waals surface area contributed by atoms with Crippen LogP contribution in [0.15, 0.2) is 0 Å². The zero-order valence-electron chi connectivity index (χ0n) is 10.4. The highest BCUT2D eigenvalue weighted by Crippen LogP contribution is 2.09. The second-order valence-corrected chi connectivity index (χ2v) is 4.02. The molecular formula is C11H21NO4. The molecule has 0 fully saturated rings. The van der Waals surface area contributed by atoms with Gasteiger partial charge in [0.05, 0.1) is 13.7 Å². The van der Waals surface area contributed by atoms with Crippen LogP contribution in [0.5, 0.6) is 0 Å². The van der Waals surface area contributed by atoms with Crippen molar-refractivity contribution in [1.29, 1.82) is 0 Å². The Balaban J connectivity index is 3.91. The smallest absolute Gasteiger partial charge is 0.315 e. The number of hydrogen-bond acceptors (Lipinski definition) is 4. The number of esters is 1. The molecule has 0 saturated carbocycles. The summed E-state index contributed by atoms with van der Waals surface area (Å²) in [6.07, 6.45) is -0.228. The summed E-state index contributed by atoms with van der Waals surface area (Å²) in [5, 5.41) is 2.69. The van der Waals surface area contributed by atoms with Gasteiger partial charge in [0, 0.05) is 19.6 Å². The molecule has 0 aromatic rings. The minimum absolute atomic E-state index is 0.228. The summed E-state index contributed by atoms with van der Waals surface area (Å²) in [4.78, 5) is 22.1. The van der Waals surface area contributed by atoms with Gasteiger partial charge in [0.15, 0.2) is 0 Å². The van der Waals surface area contributed by atoms with E-state index in [0.29, 0.717) is 19.1 Å². The maximum atomic E-state index is 11.3. The molecule has 0 saturated heterocycles. The second-order valence-electron chi connectivity index (χ2n) is 4.02. The van der Waals surface area contributed by atoms with E-state index in [9.17, 15) is 9.59 Å². The number of ether oxygens (including phenoxy) is 2. The van der Waals surface area contributed by atoms with Crippen LogP contribution in [0.4, 0.5) is 0 Å². The number of carbonyl (C=O) groups excluding carboxylic acids is 2. The summed E-state index contributed by atoms with van der Waals surface area (Å²) < 4.78 is 9.46. The molecule has 0 aromatic carbocycles. The molecule has 0 aliphatic heterocycles. The van der Waals surface area contributed by atoms with E-state index in [2.05, 4.69) is 23.9 Å². The first-order valence-corrected chi connectivity index (χ1v) is 5.33. The zero-order chi connectivity index (χ0) is 12.6. The van der Waals surface area contributed by atoms with Gasteiger partial charge in [0.25, 0.3) is 0 Å². The van der Waals surface area contributed by atoms with Gasteiger partial charge in [-0.1, -0.05) is 13.8 Å². The van der Waals surface area contributed by atoms with Gasteiger partial charge in [0.1, 0.15) is 6.42 Å². The minimum atomic E-state index is -0.523. The highest BCUT2D eigenvalue weighted by atomic mass is 16.5. The van der Waals surface area contributed by atoms with E-state index in [-0.39, 0.29) is 18.2 Å². The summed E-state index contributed by atoms with van der Waals surface area (Å²) in [6, 6.07) is 0. The zero-order valence-corrected chi connectivity index (χ0v) is 10.4. The number of nitrogens with one attached hydrogen (secondary N) is 1. The lowest BCUT2D eigenvalue weighted by molar-refractivity contribution is -0.143. The van der Waals surface area contributed by atoms with Crippen molar-refractivity contribution in [3.05, 3.63) is 0 Å². The van der Waals surface area contributed by atoms with Gasteiger partial charge in [0.2, 0.25) is 5.91 Å². The van der Waals surface area contributed by atoms with E-state index in [1.54, 1.807) is 7.11 Å². The predicted molar refractivity (Wildman–Crippen MR) is 59.8 cm³/mol. The lowest BCUT2D eigenvalue weighted by Gasteiger charge is -2.20. The Morgan fingerprint density at radius 2 is 1.88 bits per heavy atom. The Hall–Kier alpha value is -1.10. The Labute approximate surface area is 96.5 Å². The first-order valence-electron chi connectivity index (χ1n) is 5.33. The molecule has 0 spiro atoms. The third kappa shape index (κ3) is 6.40. The van der Waals surface area contributed by atoms with E-state index in [4.69, 9.17) is 4.74 Å². The van der Waals surface area contributed by atoms with Gasteiger partial charge in [-0.3, -0.25) is 9.59 Å². The SMILES string of the molecule is COCC(CNC(=O)CC(=O)OC)C(C)C. The molecule has 94 valence electrons. The number of methoxy groups -OCH3 is 2. The quantitative estimate of drug-likeness (QED) is 0.514. The highest BCUT2D eigenvalue weighted by molar-refractivity contribution is 5.94. The lowest BCUT2D eigenvalue weighted by Crippen LogP contribution is -2.34. The molecule has 0 aliphatic rings. The normalized spacial score (nSPS) is 12.3. The number of hydrogen-bond donors (Lipinski definition) is 1. The van der Waals surface area contributed by atoms with Crippen molar-refractivity contribution in [2.24, 2.45) is 11.8 Å². The minimum Gasteiger partial charge on any atom is -0.469 e. The maximum absolute atomic E-state index is 11.3. The van der Waals surface area contributed by atoms with E-state index >= 15 is 0 Å². The number of carbonyl (C=O) groups is 2.